The lowest BCUT2D eigenvalue weighted by atomic mass is 10.1. The molecule has 4 nitrogen and oxygen atoms in total. The number of benzene rings is 2. The topological polar surface area (TPSA) is 50.4 Å². The van der Waals surface area contributed by atoms with E-state index in [1.807, 2.05) is 24.3 Å². The fourth-order valence-corrected chi connectivity index (χ4v) is 2.20. The van der Waals surface area contributed by atoms with Crippen LogP contribution in [0.2, 0.25) is 0 Å². The van der Waals surface area contributed by atoms with Crippen molar-refractivity contribution in [3.63, 3.8) is 0 Å². The first kappa shape index (κ1) is 18.7. The van der Waals surface area contributed by atoms with Crippen molar-refractivity contribution in [3.05, 3.63) is 65.2 Å². The third-order valence-electron chi connectivity index (χ3n) is 3.32. The van der Waals surface area contributed by atoms with Crippen LogP contribution in [0.15, 0.2) is 42.5 Å². The Balaban J connectivity index is 2.00. The van der Waals surface area contributed by atoms with Crippen LogP contribution in [0.1, 0.15) is 31.9 Å². The molecule has 0 unspecified atom stereocenters. The number of nitrogens with one attached hydrogen (secondary N) is 2. The van der Waals surface area contributed by atoms with Crippen molar-refractivity contribution >= 4 is 11.8 Å². The monoisotopic (exact) mass is 348 g/mol. The normalized spacial score (nSPS) is 11.1. The molecular formula is C19H22F2N2O2. The summed E-state index contributed by atoms with van der Waals surface area (Å²) in [6.07, 6.45) is -0.515. The molecule has 0 radical (unpaired) electrons. The number of amides is 1. The number of carbonyl (C=O) groups excluding carboxylic acids is 1. The fraction of sp³-hybridized carbons (Fsp3) is 0.316. The zero-order valence-electron chi connectivity index (χ0n) is 14.5. The summed E-state index contributed by atoms with van der Waals surface area (Å²) in [4.78, 5) is 11.8. The lowest BCUT2D eigenvalue weighted by Crippen LogP contribution is -2.32. The van der Waals surface area contributed by atoms with Crippen molar-refractivity contribution in [2.75, 3.05) is 5.32 Å². The highest BCUT2D eigenvalue weighted by molar-refractivity contribution is 5.68. The van der Waals surface area contributed by atoms with Crippen LogP contribution < -0.4 is 10.6 Å². The predicted octanol–water partition coefficient (Wildman–Crippen LogP) is 4.60. The van der Waals surface area contributed by atoms with Crippen molar-refractivity contribution in [3.8, 4) is 0 Å². The highest BCUT2D eigenvalue weighted by atomic mass is 19.1. The van der Waals surface area contributed by atoms with Gasteiger partial charge in [0.2, 0.25) is 0 Å². The highest BCUT2D eigenvalue weighted by Crippen LogP contribution is 2.18. The summed E-state index contributed by atoms with van der Waals surface area (Å²) in [6, 6.07) is 10.6. The van der Waals surface area contributed by atoms with Crippen molar-refractivity contribution in [1.82, 2.24) is 5.32 Å². The number of hydrogen-bond acceptors (Lipinski definition) is 3. The van der Waals surface area contributed by atoms with Gasteiger partial charge in [-0.05, 0) is 50.6 Å². The Labute approximate surface area is 146 Å². The number of hydrogen-bond donors (Lipinski definition) is 2. The Hall–Kier alpha value is -2.63. The molecule has 0 aliphatic rings. The van der Waals surface area contributed by atoms with E-state index in [2.05, 4.69) is 10.6 Å². The summed E-state index contributed by atoms with van der Waals surface area (Å²) in [5.41, 5.74) is 1.19. The second kappa shape index (κ2) is 7.96. The van der Waals surface area contributed by atoms with Gasteiger partial charge in [0, 0.05) is 24.3 Å². The summed E-state index contributed by atoms with van der Waals surface area (Å²) in [6.45, 7) is 5.75. The zero-order valence-corrected chi connectivity index (χ0v) is 14.5. The van der Waals surface area contributed by atoms with Crippen molar-refractivity contribution in [2.45, 2.75) is 39.5 Å². The zero-order chi connectivity index (χ0) is 18.4. The molecule has 25 heavy (non-hydrogen) atoms. The summed E-state index contributed by atoms with van der Waals surface area (Å²) >= 11 is 0. The first-order valence-corrected chi connectivity index (χ1v) is 7.97. The quantitative estimate of drug-likeness (QED) is 0.830. The van der Waals surface area contributed by atoms with Gasteiger partial charge in [0.1, 0.15) is 17.2 Å². The van der Waals surface area contributed by atoms with E-state index in [1.165, 1.54) is 0 Å². The van der Waals surface area contributed by atoms with E-state index in [9.17, 15) is 13.6 Å². The molecule has 0 bridgehead atoms. The van der Waals surface area contributed by atoms with E-state index in [0.29, 0.717) is 0 Å². The minimum atomic E-state index is -0.573. The first-order chi connectivity index (χ1) is 11.7. The van der Waals surface area contributed by atoms with E-state index in [4.69, 9.17) is 4.74 Å². The Bertz CT molecular complexity index is 742. The van der Waals surface area contributed by atoms with Crippen LogP contribution in [0, 0.1) is 11.6 Å². The molecule has 2 aromatic carbocycles. The summed E-state index contributed by atoms with van der Waals surface area (Å²) in [7, 11) is 0. The van der Waals surface area contributed by atoms with Gasteiger partial charge in [-0.15, -0.1) is 0 Å². The van der Waals surface area contributed by atoms with E-state index in [-0.39, 0.29) is 18.7 Å². The van der Waals surface area contributed by atoms with Crippen LogP contribution in [0.25, 0.3) is 0 Å². The van der Waals surface area contributed by atoms with Gasteiger partial charge in [-0.3, -0.25) is 0 Å². The van der Waals surface area contributed by atoms with Gasteiger partial charge >= 0.3 is 6.09 Å². The van der Waals surface area contributed by atoms with Crippen molar-refractivity contribution in [2.24, 2.45) is 0 Å². The van der Waals surface area contributed by atoms with E-state index in [1.54, 1.807) is 20.8 Å². The molecule has 0 fully saturated rings. The molecule has 6 heteroatoms. The third-order valence-corrected chi connectivity index (χ3v) is 3.32. The lowest BCUT2D eigenvalue weighted by molar-refractivity contribution is 0.0523. The second-order valence-electron chi connectivity index (χ2n) is 6.60. The standard InChI is InChI=1S/C19H22F2N2O2/c1-19(2,3)25-18(24)23-11-13-6-4-5-7-17(13)22-12-14-10-15(20)8-9-16(14)21/h4-10,22H,11-12H2,1-3H3,(H,23,24). The van der Waals surface area contributed by atoms with E-state index < -0.39 is 23.3 Å². The van der Waals surface area contributed by atoms with Crippen LogP contribution in [-0.2, 0) is 17.8 Å². The van der Waals surface area contributed by atoms with Crippen molar-refractivity contribution < 1.29 is 18.3 Å². The Kier molecular flexibility index (Phi) is 5.96. The van der Waals surface area contributed by atoms with Crippen LogP contribution in [-0.4, -0.2) is 11.7 Å². The number of para-hydroxylation sites is 1. The molecule has 134 valence electrons. The number of rotatable bonds is 5. The molecule has 2 N–H and O–H groups in total. The van der Waals surface area contributed by atoms with Crippen LogP contribution in [0.3, 0.4) is 0 Å². The summed E-state index contributed by atoms with van der Waals surface area (Å²) in [5, 5.41) is 5.75. The molecule has 0 saturated heterocycles. The van der Waals surface area contributed by atoms with Gasteiger partial charge < -0.3 is 15.4 Å². The Morgan fingerprint density at radius 2 is 1.76 bits per heavy atom. The summed E-state index contributed by atoms with van der Waals surface area (Å²) < 4.78 is 32.1. The molecule has 0 spiro atoms. The van der Waals surface area contributed by atoms with Gasteiger partial charge in [0.25, 0.3) is 0 Å². The molecule has 2 rings (SSSR count). The van der Waals surface area contributed by atoms with Gasteiger partial charge in [-0.25, -0.2) is 13.6 Å². The lowest BCUT2D eigenvalue weighted by Gasteiger charge is -2.20. The number of carbonyl (C=O) groups is 1. The smallest absolute Gasteiger partial charge is 0.407 e. The largest absolute Gasteiger partial charge is 0.444 e. The maximum absolute atomic E-state index is 13.7. The SMILES string of the molecule is CC(C)(C)OC(=O)NCc1ccccc1NCc1cc(F)ccc1F. The fourth-order valence-electron chi connectivity index (χ4n) is 2.20. The molecule has 0 aromatic heterocycles. The highest BCUT2D eigenvalue weighted by Gasteiger charge is 2.16. The van der Waals surface area contributed by atoms with Gasteiger partial charge in [-0.1, -0.05) is 18.2 Å². The minimum absolute atomic E-state index is 0.132. The van der Waals surface area contributed by atoms with Crippen LogP contribution >= 0.6 is 0 Å². The number of halogens is 2. The molecule has 0 heterocycles. The minimum Gasteiger partial charge on any atom is -0.444 e. The number of alkyl carbamates (subject to hydrolysis) is 1. The van der Waals surface area contributed by atoms with Crippen LogP contribution in [0.4, 0.5) is 19.3 Å². The second-order valence-corrected chi connectivity index (χ2v) is 6.60. The average molecular weight is 348 g/mol. The van der Waals surface area contributed by atoms with Gasteiger partial charge in [0.15, 0.2) is 0 Å². The third kappa shape index (κ3) is 6.06. The molecular weight excluding hydrogens is 326 g/mol. The van der Waals surface area contributed by atoms with E-state index in [0.717, 1.165) is 29.4 Å². The van der Waals surface area contributed by atoms with Crippen molar-refractivity contribution in [1.29, 1.82) is 0 Å². The van der Waals surface area contributed by atoms with Crippen LogP contribution in [0.5, 0.6) is 0 Å². The predicted molar refractivity (Wildman–Crippen MR) is 93.2 cm³/mol. The molecule has 0 atom stereocenters. The van der Waals surface area contributed by atoms with E-state index >= 15 is 0 Å². The van der Waals surface area contributed by atoms with Gasteiger partial charge in [-0.2, -0.15) is 0 Å². The maximum atomic E-state index is 13.7. The molecule has 2 aromatic rings. The number of anilines is 1. The Morgan fingerprint density at radius 1 is 1.04 bits per heavy atom. The molecule has 1 amide bonds. The van der Waals surface area contributed by atoms with Gasteiger partial charge in [0.05, 0.1) is 0 Å². The maximum Gasteiger partial charge on any atom is 0.407 e. The Morgan fingerprint density at radius 3 is 2.48 bits per heavy atom. The number of ether oxygens (including phenoxy) is 1. The molecule has 0 aliphatic heterocycles. The molecule has 0 aliphatic carbocycles. The molecule has 0 saturated carbocycles. The average Bonchev–Trinajstić information content (AvgIpc) is 2.53. The summed E-state index contributed by atoms with van der Waals surface area (Å²) in [5.74, 6) is -0.962. The first-order valence-electron chi connectivity index (χ1n) is 7.97.